The molecule has 118 valence electrons. The van der Waals surface area contributed by atoms with E-state index in [2.05, 4.69) is 27.4 Å². The Morgan fingerprint density at radius 3 is 2.82 bits per heavy atom. The molecule has 22 heavy (non-hydrogen) atoms. The van der Waals surface area contributed by atoms with Crippen LogP contribution in [0.5, 0.6) is 0 Å². The molecular weight excluding hydrogens is 316 g/mol. The normalized spacial score (nSPS) is 16.1. The van der Waals surface area contributed by atoms with Crippen LogP contribution < -0.4 is 0 Å². The Balaban J connectivity index is 1.42. The number of rotatable bonds is 5. The van der Waals surface area contributed by atoms with E-state index in [0.717, 1.165) is 37.9 Å². The van der Waals surface area contributed by atoms with Crippen LogP contribution >= 0.6 is 23.1 Å². The predicted molar refractivity (Wildman–Crippen MR) is 90.1 cm³/mol. The third-order valence-electron chi connectivity index (χ3n) is 3.79. The maximum atomic E-state index is 12.3. The molecule has 2 aromatic heterocycles. The molecule has 1 fully saturated rings. The molecule has 0 bridgehead atoms. The van der Waals surface area contributed by atoms with Gasteiger partial charge in [-0.05, 0) is 11.4 Å². The first-order valence-electron chi connectivity index (χ1n) is 7.35. The van der Waals surface area contributed by atoms with Crippen LogP contribution in [-0.4, -0.2) is 57.2 Å². The van der Waals surface area contributed by atoms with Gasteiger partial charge in [0, 0.05) is 57.0 Å². The summed E-state index contributed by atoms with van der Waals surface area (Å²) in [4.78, 5) is 22.3. The second kappa shape index (κ2) is 7.30. The van der Waals surface area contributed by atoms with Crippen LogP contribution in [0, 0.1) is 0 Å². The Morgan fingerprint density at radius 2 is 2.18 bits per heavy atom. The third kappa shape index (κ3) is 3.91. The van der Waals surface area contributed by atoms with Crippen LogP contribution in [0.1, 0.15) is 4.88 Å². The lowest BCUT2D eigenvalue weighted by Crippen LogP contribution is -2.48. The highest BCUT2D eigenvalue weighted by atomic mass is 32.2. The van der Waals surface area contributed by atoms with Crippen molar-refractivity contribution in [1.82, 2.24) is 19.4 Å². The largest absolute Gasteiger partial charge is 0.339 e. The van der Waals surface area contributed by atoms with E-state index < -0.39 is 0 Å². The van der Waals surface area contributed by atoms with Crippen molar-refractivity contribution in [3.8, 4) is 0 Å². The van der Waals surface area contributed by atoms with Gasteiger partial charge in [0.15, 0.2) is 5.16 Å². The molecule has 0 saturated carbocycles. The molecule has 0 N–H and O–H groups in total. The highest BCUT2D eigenvalue weighted by Gasteiger charge is 2.21. The predicted octanol–water partition coefficient (Wildman–Crippen LogP) is 1.92. The van der Waals surface area contributed by atoms with Crippen molar-refractivity contribution in [3.63, 3.8) is 0 Å². The molecule has 5 nitrogen and oxygen atoms in total. The Labute approximate surface area is 138 Å². The second-order valence-electron chi connectivity index (χ2n) is 5.35. The van der Waals surface area contributed by atoms with Gasteiger partial charge < -0.3 is 9.47 Å². The number of imidazole rings is 1. The highest BCUT2D eigenvalue weighted by molar-refractivity contribution is 7.99. The highest BCUT2D eigenvalue weighted by Crippen LogP contribution is 2.17. The summed E-state index contributed by atoms with van der Waals surface area (Å²) < 4.78 is 1.94. The summed E-state index contributed by atoms with van der Waals surface area (Å²) in [5, 5.41) is 3.01. The smallest absolute Gasteiger partial charge is 0.233 e. The first-order chi connectivity index (χ1) is 10.7. The van der Waals surface area contributed by atoms with Crippen LogP contribution in [0.3, 0.4) is 0 Å². The number of thiophene rings is 1. The molecule has 3 rings (SSSR count). The summed E-state index contributed by atoms with van der Waals surface area (Å²) in [5.74, 6) is 0.680. The molecule has 0 aromatic carbocycles. The topological polar surface area (TPSA) is 41.4 Å². The van der Waals surface area contributed by atoms with E-state index in [0.29, 0.717) is 5.75 Å². The Kier molecular flexibility index (Phi) is 5.17. The average Bonchev–Trinajstić information content (AvgIpc) is 3.17. The van der Waals surface area contributed by atoms with Crippen molar-refractivity contribution < 1.29 is 4.79 Å². The molecule has 0 aliphatic carbocycles. The first-order valence-corrected chi connectivity index (χ1v) is 9.21. The lowest BCUT2D eigenvalue weighted by Gasteiger charge is -2.34. The molecule has 1 amide bonds. The van der Waals surface area contributed by atoms with E-state index in [-0.39, 0.29) is 5.91 Å². The first kappa shape index (κ1) is 15.6. The van der Waals surface area contributed by atoms with Gasteiger partial charge in [0.25, 0.3) is 0 Å². The van der Waals surface area contributed by atoms with Gasteiger partial charge in [-0.25, -0.2) is 4.98 Å². The second-order valence-corrected chi connectivity index (χ2v) is 7.32. The van der Waals surface area contributed by atoms with Crippen molar-refractivity contribution in [1.29, 1.82) is 0 Å². The van der Waals surface area contributed by atoms with Crippen molar-refractivity contribution in [2.24, 2.45) is 7.05 Å². The molecule has 1 aliphatic heterocycles. The van der Waals surface area contributed by atoms with E-state index in [4.69, 9.17) is 0 Å². The fourth-order valence-corrected chi connectivity index (χ4v) is 4.07. The van der Waals surface area contributed by atoms with Gasteiger partial charge in [0.05, 0.1) is 5.75 Å². The van der Waals surface area contributed by atoms with Crippen LogP contribution in [0.25, 0.3) is 0 Å². The maximum Gasteiger partial charge on any atom is 0.233 e. The van der Waals surface area contributed by atoms with E-state index in [1.807, 2.05) is 22.7 Å². The molecular formula is C15H20N4OS2. The summed E-state index contributed by atoms with van der Waals surface area (Å²) in [6.45, 7) is 4.56. The molecule has 2 aromatic rings. The Hall–Kier alpha value is -1.31. The zero-order valence-corrected chi connectivity index (χ0v) is 14.3. The van der Waals surface area contributed by atoms with Gasteiger partial charge in [0.1, 0.15) is 0 Å². The minimum absolute atomic E-state index is 0.212. The SMILES string of the molecule is Cn1ccnc1SCC(=O)N1CCN(Cc2cccs2)CC1. The van der Waals surface area contributed by atoms with Crippen LogP contribution in [0.4, 0.5) is 0 Å². The molecule has 0 spiro atoms. The number of thioether (sulfide) groups is 1. The van der Waals surface area contributed by atoms with E-state index >= 15 is 0 Å². The quantitative estimate of drug-likeness (QED) is 0.782. The number of hydrogen-bond donors (Lipinski definition) is 0. The van der Waals surface area contributed by atoms with E-state index in [1.165, 1.54) is 16.6 Å². The molecule has 1 aliphatic rings. The summed E-state index contributed by atoms with van der Waals surface area (Å²) in [5.41, 5.74) is 0. The maximum absolute atomic E-state index is 12.3. The van der Waals surface area contributed by atoms with Crippen molar-refractivity contribution in [2.75, 3.05) is 31.9 Å². The number of piperazine rings is 1. The molecule has 3 heterocycles. The number of nitrogens with zero attached hydrogens (tertiary/aromatic N) is 4. The standard InChI is InChI=1S/C15H20N4OS2/c1-17-5-4-16-15(17)22-12-14(20)19-8-6-18(7-9-19)11-13-3-2-10-21-13/h2-5,10H,6-9,11-12H2,1H3. The van der Waals surface area contributed by atoms with Gasteiger partial charge >= 0.3 is 0 Å². The average molecular weight is 336 g/mol. The lowest BCUT2D eigenvalue weighted by atomic mass is 10.3. The van der Waals surface area contributed by atoms with E-state index in [1.54, 1.807) is 17.5 Å². The number of amides is 1. The monoisotopic (exact) mass is 336 g/mol. The van der Waals surface area contributed by atoms with Gasteiger partial charge in [0.2, 0.25) is 5.91 Å². The number of carbonyl (C=O) groups is 1. The summed E-state index contributed by atoms with van der Waals surface area (Å²) >= 11 is 3.31. The molecule has 1 saturated heterocycles. The fourth-order valence-electron chi connectivity index (χ4n) is 2.49. The van der Waals surface area contributed by atoms with Crippen molar-refractivity contribution in [3.05, 3.63) is 34.8 Å². The molecule has 0 unspecified atom stereocenters. The summed E-state index contributed by atoms with van der Waals surface area (Å²) in [6.07, 6.45) is 3.66. The number of aromatic nitrogens is 2. The van der Waals surface area contributed by atoms with Gasteiger partial charge in [-0.15, -0.1) is 11.3 Å². The molecule has 0 atom stereocenters. The Morgan fingerprint density at radius 1 is 1.36 bits per heavy atom. The van der Waals surface area contributed by atoms with E-state index in [9.17, 15) is 4.79 Å². The van der Waals surface area contributed by atoms with Crippen molar-refractivity contribution >= 4 is 29.0 Å². The Bertz CT molecular complexity index is 603. The summed E-state index contributed by atoms with van der Waals surface area (Å²) in [7, 11) is 1.95. The minimum atomic E-state index is 0.212. The van der Waals surface area contributed by atoms with Crippen molar-refractivity contribution in [2.45, 2.75) is 11.7 Å². The third-order valence-corrected chi connectivity index (χ3v) is 5.69. The minimum Gasteiger partial charge on any atom is -0.339 e. The van der Waals surface area contributed by atoms with Crippen LogP contribution in [0.15, 0.2) is 35.1 Å². The zero-order chi connectivity index (χ0) is 15.4. The summed E-state index contributed by atoms with van der Waals surface area (Å²) in [6, 6.07) is 4.26. The molecule has 7 heteroatoms. The van der Waals surface area contributed by atoms with Crippen LogP contribution in [-0.2, 0) is 18.4 Å². The van der Waals surface area contributed by atoms with Gasteiger partial charge in [-0.2, -0.15) is 0 Å². The number of aryl methyl sites for hydroxylation is 1. The number of carbonyl (C=O) groups excluding carboxylic acids is 1. The zero-order valence-electron chi connectivity index (χ0n) is 12.6. The lowest BCUT2D eigenvalue weighted by molar-refractivity contribution is -0.130. The van der Waals surface area contributed by atoms with Gasteiger partial charge in [-0.3, -0.25) is 9.69 Å². The fraction of sp³-hybridized carbons (Fsp3) is 0.467. The molecule has 0 radical (unpaired) electrons. The number of hydrogen-bond acceptors (Lipinski definition) is 5. The van der Waals surface area contributed by atoms with Gasteiger partial charge in [-0.1, -0.05) is 17.8 Å². The van der Waals surface area contributed by atoms with Crippen LogP contribution in [0.2, 0.25) is 0 Å².